The molecule has 0 fully saturated rings. The summed E-state index contributed by atoms with van der Waals surface area (Å²) >= 11 is 3.52. The molecule has 0 aliphatic carbocycles. The summed E-state index contributed by atoms with van der Waals surface area (Å²) in [5, 5.41) is 0.808. The van der Waals surface area contributed by atoms with E-state index in [0.29, 0.717) is 6.61 Å². The molecule has 2 heteroatoms. The average Bonchev–Trinajstić information content (AvgIpc) is 2.42. The Morgan fingerprint density at radius 3 is 2.28 bits per heavy atom. The fraction of sp³-hybridized carbons (Fsp3) is 0.250. The monoisotopic (exact) mass is 304 g/mol. The molecule has 94 valence electrons. The number of halogens is 1. The zero-order valence-corrected chi connectivity index (χ0v) is 12.1. The van der Waals surface area contributed by atoms with Crippen molar-refractivity contribution in [1.82, 2.24) is 0 Å². The van der Waals surface area contributed by atoms with Crippen molar-refractivity contribution in [3.63, 3.8) is 0 Å². The Labute approximate surface area is 117 Å². The van der Waals surface area contributed by atoms with Crippen LogP contribution in [-0.2, 0) is 11.3 Å². The van der Waals surface area contributed by atoms with Gasteiger partial charge in [-0.15, -0.1) is 0 Å². The molecule has 2 aromatic rings. The van der Waals surface area contributed by atoms with Crippen LogP contribution in [0.1, 0.15) is 22.8 Å². The lowest BCUT2D eigenvalue weighted by Crippen LogP contribution is -2.06. The van der Waals surface area contributed by atoms with E-state index in [1.54, 1.807) is 0 Å². The van der Waals surface area contributed by atoms with E-state index in [1.807, 2.05) is 18.2 Å². The van der Waals surface area contributed by atoms with Crippen LogP contribution in [0.2, 0.25) is 0 Å². The molecule has 1 nitrogen and oxygen atoms in total. The van der Waals surface area contributed by atoms with Gasteiger partial charge in [-0.05, 0) is 18.1 Å². The highest BCUT2D eigenvalue weighted by molar-refractivity contribution is 9.09. The molecule has 0 heterocycles. The topological polar surface area (TPSA) is 9.23 Å². The lowest BCUT2D eigenvalue weighted by Gasteiger charge is -2.16. The van der Waals surface area contributed by atoms with E-state index in [0.717, 1.165) is 5.33 Å². The third-order valence-electron chi connectivity index (χ3n) is 2.88. The van der Waals surface area contributed by atoms with Gasteiger partial charge in [0.1, 0.15) is 0 Å². The van der Waals surface area contributed by atoms with Crippen molar-refractivity contribution in [2.24, 2.45) is 0 Å². The van der Waals surface area contributed by atoms with Gasteiger partial charge < -0.3 is 4.74 Å². The standard InChI is InChI=1S/C16H17BrO/c1-13-7-9-15(10-8-13)16(11-17)18-12-14-5-3-2-4-6-14/h2-10,16H,11-12H2,1H3. The second kappa shape index (κ2) is 6.72. The van der Waals surface area contributed by atoms with Gasteiger partial charge in [0.25, 0.3) is 0 Å². The van der Waals surface area contributed by atoms with Crippen LogP contribution in [0.4, 0.5) is 0 Å². The largest absolute Gasteiger partial charge is 0.368 e. The molecule has 0 bridgehead atoms. The summed E-state index contributed by atoms with van der Waals surface area (Å²) in [4.78, 5) is 0. The predicted molar refractivity (Wildman–Crippen MR) is 78.9 cm³/mol. The van der Waals surface area contributed by atoms with Crippen molar-refractivity contribution >= 4 is 15.9 Å². The minimum atomic E-state index is 0.103. The quantitative estimate of drug-likeness (QED) is 0.731. The lowest BCUT2D eigenvalue weighted by atomic mass is 10.1. The van der Waals surface area contributed by atoms with Crippen molar-refractivity contribution in [3.8, 4) is 0 Å². The molecule has 0 radical (unpaired) electrons. The van der Waals surface area contributed by atoms with Crippen LogP contribution in [0.15, 0.2) is 54.6 Å². The molecule has 0 aromatic heterocycles. The third kappa shape index (κ3) is 3.69. The molecule has 18 heavy (non-hydrogen) atoms. The highest BCUT2D eigenvalue weighted by Gasteiger charge is 2.10. The van der Waals surface area contributed by atoms with Gasteiger partial charge in [0.2, 0.25) is 0 Å². The number of hydrogen-bond acceptors (Lipinski definition) is 1. The van der Waals surface area contributed by atoms with Gasteiger partial charge in [0.15, 0.2) is 0 Å². The number of ether oxygens (including phenoxy) is 1. The second-order valence-electron chi connectivity index (χ2n) is 4.35. The van der Waals surface area contributed by atoms with Crippen LogP contribution in [0.3, 0.4) is 0 Å². The Morgan fingerprint density at radius 2 is 1.67 bits per heavy atom. The average molecular weight is 305 g/mol. The van der Waals surface area contributed by atoms with E-state index in [-0.39, 0.29) is 6.10 Å². The van der Waals surface area contributed by atoms with Gasteiger partial charge in [-0.1, -0.05) is 76.1 Å². The number of aryl methyl sites for hydroxylation is 1. The maximum Gasteiger partial charge on any atom is 0.0926 e. The minimum Gasteiger partial charge on any atom is -0.368 e. The van der Waals surface area contributed by atoms with Gasteiger partial charge in [-0.3, -0.25) is 0 Å². The first-order chi connectivity index (χ1) is 8.79. The van der Waals surface area contributed by atoms with Gasteiger partial charge in [0.05, 0.1) is 12.7 Å². The first-order valence-electron chi connectivity index (χ1n) is 6.07. The molecular weight excluding hydrogens is 288 g/mol. The Kier molecular flexibility index (Phi) is 4.97. The van der Waals surface area contributed by atoms with E-state index in [1.165, 1.54) is 16.7 Å². The predicted octanol–water partition coefficient (Wildman–Crippen LogP) is 4.65. The number of rotatable bonds is 5. The van der Waals surface area contributed by atoms with Crippen molar-refractivity contribution in [2.75, 3.05) is 5.33 Å². The summed E-state index contributed by atoms with van der Waals surface area (Å²) in [6, 6.07) is 18.8. The maximum absolute atomic E-state index is 5.96. The van der Waals surface area contributed by atoms with Crippen molar-refractivity contribution in [1.29, 1.82) is 0 Å². The third-order valence-corrected chi connectivity index (χ3v) is 3.47. The second-order valence-corrected chi connectivity index (χ2v) is 5.00. The number of hydrogen-bond donors (Lipinski definition) is 0. The molecule has 2 rings (SSSR count). The van der Waals surface area contributed by atoms with Crippen molar-refractivity contribution in [3.05, 3.63) is 71.3 Å². The van der Waals surface area contributed by atoms with Gasteiger partial charge in [0, 0.05) is 5.33 Å². The normalized spacial score (nSPS) is 12.3. The molecule has 2 aromatic carbocycles. The molecule has 0 aliphatic rings. The van der Waals surface area contributed by atoms with Crippen molar-refractivity contribution in [2.45, 2.75) is 19.6 Å². The van der Waals surface area contributed by atoms with Crippen LogP contribution in [-0.4, -0.2) is 5.33 Å². The van der Waals surface area contributed by atoms with E-state index in [9.17, 15) is 0 Å². The summed E-state index contributed by atoms with van der Waals surface area (Å²) in [6.45, 7) is 2.74. The molecule has 0 aliphatic heterocycles. The molecule has 0 amide bonds. The number of alkyl halides is 1. The van der Waals surface area contributed by atoms with Crippen LogP contribution < -0.4 is 0 Å². The van der Waals surface area contributed by atoms with E-state index in [2.05, 4.69) is 59.3 Å². The Bertz CT molecular complexity index is 464. The lowest BCUT2D eigenvalue weighted by molar-refractivity contribution is 0.0566. The van der Waals surface area contributed by atoms with Gasteiger partial charge in [-0.25, -0.2) is 0 Å². The molecule has 1 unspecified atom stereocenters. The molecule has 0 N–H and O–H groups in total. The van der Waals surface area contributed by atoms with Crippen LogP contribution >= 0.6 is 15.9 Å². The zero-order chi connectivity index (χ0) is 12.8. The first-order valence-corrected chi connectivity index (χ1v) is 7.20. The summed E-state index contributed by atoms with van der Waals surface area (Å²) in [5.74, 6) is 0. The fourth-order valence-corrected chi connectivity index (χ4v) is 2.34. The van der Waals surface area contributed by atoms with Crippen molar-refractivity contribution < 1.29 is 4.74 Å². The van der Waals surface area contributed by atoms with Crippen LogP contribution in [0, 0.1) is 6.92 Å². The summed E-state index contributed by atoms with van der Waals surface area (Å²) in [7, 11) is 0. The summed E-state index contributed by atoms with van der Waals surface area (Å²) < 4.78 is 5.96. The van der Waals surface area contributed by atoms with Gasteiger partial charge in [-0.2, -0.15) is 0 Å². The Hall–Kier alpha value is -1.12. The van der Waals surface area contributed by atoms with Crippen LogP contribution in [0.5, 0.6) is 0 Å². The number of benzene rings is 2. The first kappa shape index (κ1) is 13.3. The zero-order valence-electron chi connectivity index (χ0n) is 10.5. The fourth-order valence-electron chi connectivity index (χ4n) is 1.78. The molecule has 0 spiro atoms. The highest BCUT2D eigenvalue weighted by Crippen LogP contribution is 2.21. The summed E-state index contributed by atoms with van der Waals surface area (Å²) in [5.41, 5.74) is 3.69. The molecule has 1 atom stereocenters. The van der Waals surface area contributed by atoms with Crippen LogP contribution in [0.25, 0.3) is 0 Å². The molecular formula is C16H17BrO. The Morgan fingerprint density at radius 1 is 1.00 bits per heavy atom. The SMILES string of the molecule is Cc1ccc(C(CBr)OCc2ccccc2)cc1. The summed E-state index contributed by atoms with van der Waals surface area (Å²) in [6.07, 6.45) is 0.103. The molecule has 0 saturated heterocycles. The highest BCUT2D eigenvalue weighted by atomic mass is 79.9. The van der Waals surface area contributed by atoms with E-state index >= 15 is 0 Å². The van der Waals surface area contributed by atoms with E-state index < -0.39 is 0 Å². The Balaban J connectivity index is 1.99. The smallest absolute Gasteiger partial charge is 0.0926 e. The molecule has 0 saturated carbocycles. The van der Waals surface area contributed by atoms with Gasteiger partial charge >= 0.3 is 0 Å². The minimum absolute atomic E-state index is 0.103. The maximum atomic E-state index is 5.96. The van der Waals surface area contributed by atoms with E-state index in [4.69, 9.17) is 4.74 Å².